The van der Waals surface area contributed by atoms with Crippen LogP contribution in [0.5, 0.6) is 0 Å². The summed E-state index contributed by atoms with van der Waals surface area (Å²) < 4.78 is 1.01. The summed E-state index contributed by atoms with van der Waals surface area (Å²) in [7, 11) is 0. The molecule has 0 saturated carbocycles. The van der Waals surface area contributed by atoms with Gasteiger partial charge in [-0.15, -0.1) is 0 Å². The summed E-state index contributed by atoms with van der Waals surface area (Å²) in [5.74, 6) is 0.171. The first-order valence-electron chi connectivity index (χ1n) is 6.58. The van der Waals surface area contributed by atoms with Crippen molar-refractivity contribution >= 4 is 27.5 Å². The number of hydrogen-bond acceptors (Lipinski definition) is 3. The fourth-order valence-electron chi connectivity index (χ4n) is 2.39. The maximum atomic E-state index is 11.4. The fraction of sp³-hybridized carbons (Fsp3) is 0.500. The van der Waals surface area contributed by atoms with Gasteiger partial charge in [-0.25, -0.2) is 0 Å². The summed E-state index contributed by atoms with van der Waals surface area (Å²) in [5.41, 5.74) is 8.01. The van der Waals surface area contributed by atoms with Crippen LogP contribution in [0.15, 0.2) is 22.7 Å². The minimum Gasteiger partial charge on any atom is -0.398 e. The molecule has 1 amide bonds. The number of anilines is 1. The van der Waals surface area contributed by atoms with Crippen LogP contribution in [-0.4, -0.2) is 41.9 Å². The molecule has 1 aromatic rings. The second-order valence-electron chi connectivity index (χ2n) is 4.98. The number of amides is 1. The summed E-state index contributed by atoms with van der Waals surface area (Å²) in [5, 5.41) is 0. The average molecular weight is 326 g/mol. The summed E-state index contributed by atoms with van der Waals surface area (Å²) in [6.07, 6.45) is 1.02. The molecule has 1 aliphatic heterocycles. The molecule has 0 bridgehead atoms. The Bertz CT molecular complexity index is 464. The molecule has 2 N–H and O–H groups in total. The van der Waals surface area contributed by atoms with Gasteiger partial charge in [0.25, 0.3) is 0 Å². The molecule has 2 rings (SSSR count). The number of halogens is 1. The van der Waals surface area contributed by atoms with Gasteiger partial charge in [0.15, 0.2) is 0 Å². The van der Waals surface area contributed by atoms with Crippen molar-refractivity contribution in [1.29, 1.82) is 0 Å². The molecule has 4 nitrogen and oxygen atoms in total. The van der Waals surface area contributed by atoms with Crippen molar-refractivity contribution in [2.24, 2.45) is 0 Å². The molecule has 1 heterocycles. The highest BCUT2D eigenvalue weighted by Gasteiger charge is 2.17. The van der Waals surface area contributed by atoms with E-state index in [0.29, 0.717) is 0 Å². The Morgan fingerprint density at radius 2 is 2.11 bits per heavy atom. The summed E-state index contributed by atoms with van der Waals surface area (Å²) in [4.78, 5) is 15.7. The third kappa shape index (κ3) is 3.94. The number of carbonyl (C=O) groups is 1. The lowest BCUT2D eigenvalue weighted by atomic mass is 10.1. The first-order chi connectivity index (χ1) is 9.06. The van der Waals surface area contributed by atoms with E-state index in [4.69, 9.17) is 5.73 Å². The van der Waals surface area contributed by atoms with Crippen LogP contribution in [0.2, 0.25) is 0 Å². The first kappa shape index (κ1) is 14.3. The third-order valence-corrected chi connectivity index (χ3v) is 4.03. The third-order valence-electron chi connectivity index (χ3n) is 3.54. The van der Waals surface area contributed by atoms with E-state index < -0.39 is 0 Å². The molecular weight excluding hydrogens is 306 g/mol. The molecule has 0 spiro atoms. The Morgan fingerprint density at radius 1 is 1.32 bits per heavy atom. The Labute approximate surface area is 122 Å². The van der Waals surface area contributed by atoms with Gasteiger partial charge in [-0.1, -0.05) is 22.0 Å². The van der Waals surface area contributed by atoms with E-state index in [0.717, 1.165) is 54.9 Å². The molecule has 104 valence electrons. The highest BCUT2D eigenvalue weighted by atomic mass is 79.9. The van der Waals surface area contributed by atoms with E-state index in [1.54, 1.807) is 6.92 Å². The largest absolute Gasteiger partial charge is 0.398 e. The lowest BCUT2D eigenvalue weighted by Gasteiger charge is -2.21. The van der Waals surface area contributed by atoms with Crippen LogP contribution in [0.1, 0.15) is 18.9 Å². The van der Waals surface area contributed by atoms with E-state index in [-0.39, 0.29) is 5.91 Å². The summed E-state index contributed by atoms with van der Waals surface area (Å²) >= 11 is 3.42. The lowest BCUT2D eigenvalue weighted by Crippen LogP contribution is -2.33. The number of nitrogens with two attached hydrogens (primary N) is 1. The van der Waals surface area contributed by atoms with Crippen LogP contribution >= 0.6 is 15.9 Å². The number of hydrogen-bond donors (Lipinski definition) is 1. The SMILES string of the molecule is CC(=O)N1CCCN(Cc2ccc(Br)cc2N)CC1. The van der Waals surface area contributed by atoms with Crippen molar-refractivity contribution in [3.63, 3.8) is 0 Å². The van der Waals surface area contributed by atoms with E-state index in [1.807, 2.05) is 17.0 Å². The van der Waals surface area contributed by atoms with Crippen molar-refractivity contribution in [1.82, 2.24) is 9.80 Å². The van der Waals surface area contributed by atoms with Gasteiger partial charge in [0.2, 0.25) is 5.91 Å². The van der Waals surface area contributed by atoms with Gasteiger partial charge in [0.1, 0.15) is 0 Å². The van der Waals surface area contributed by atoms with Gasteiger partial charge < -0.3 is 10.6 Å². The molecule has 0 aliphatic carbocycles. The standard InChI is InChI=1S/C14H20BrN3O/c1-11(19)18-6-2-5-17(7-8-18)10-12-3-4-13(15)9-14(12)16/h3-4,9H,2,5-8,10,16H2,1H3. The number of benzene rings is 1. The Balaban J connectivity index is 1.97. The fourth-order valence-corrected chi connectivity index (χ4v) is 2.77. The summed E-state index contributed by atoms with van der Waals surface area (Å²) in [6, 6.07) is 6.02. The topological polar surface area (TPSA) is 49.6 Å². The van der Waals surface area contributed by atoms with E-state index in [9.17, 15) is 4.79 Å². The molecule has 19 heavy (non-hydrogen) atoms. The first-order valence-corrected chi connectivity index (χ1v) is 7.37. The highest BCUT2D eigenvalue weighted by Crippen LogP contribution is 2.20. The molecule has 1 fully saturated rings. The molecule has 0 atom stereocenters. The molecule has 5 heteroatoms. The molecule has 0 unspecified atom stereocenters. The maximum Gasteiger partial charge on any atom is 0.219 e. The van der Waals surface area contributed by atoms with E-state index in [1.165, 1.54) is 0 Å². The Kier molecular flexibility index (Phi) is 4.82. The zero-order valence-corrected chi connectivity index (χ0v) is 12.8. The van der Waals surface area contributed by atoms with Crippen LogP contribution in [0, 0.1) is 0 Å². The minimum atomic E-state index is 0.171. The molecule has 0 radical (unpaired) electrons. The van der Waals surface area contributed by atoms with Crippen LogP contribution < -0.4 is 5.73 Å². The summed E-state index contributed by atoms with van der Waals surface area (Å²) in [6.45, 7) is 6.09. The van der Waals surface area contributed by atoms with Gasteiger partial charge in [-0.05, 0) is 24.1 Å². The monoisotopic (exact) mass is 325 g/mol. The van der Waals surface area contributed by atoms with Crippen molar-refractivity contribution in [2.45, 2.75) is 19.9 Å². The van der Waals surface area contributed by atoms with Gasteiger partial charge in [-0.2, -0.15) is 0 Å². The molecule has 0 aromatic heterocycles. The zero-order chi connectivity index (χ0) is 13.8. The number of rotatable bonds is 2. The molecular formula is C14H20BrN3O. The highest BCUT2D eigenvalue weighted by molar-refractivity contribution is 9.10. The number of nitrogen functional groups attached to an aromatic ring is 1. The van der Waals surface area contributed by atoms with Gasteiger partial charge >= 0.3 is 0 Å². The van der Waals surface area contributed by atoms with Crippen LogP contribution in [0.25, 0.3) is 0 Å². The van der Waals surface area contributed by atoms with Crippen LogP contribution in [-0.2, 0) is 11.3 Å². The quantitative estimate of drug-likeness (QED) is 0.847. The smallest absolute Gasteiger partial charge is 0.219 e. The number of carbonyl (C=O) groups excluding carboxylic acids is 1. The molecule has 1 aromatic carbocycles. The van der Waals surface area contributed by atoms with Gasteiger partial charge in [0, 0.05) is 49.8 Å². The minimum absolute atomic E-state index is 0.171. The Morgan fingerprint density at radius 3 is 2.79 bits per heavy atom. The van der Waals surface area contributed by atoms with Crippen LogP contribution in [0.4, 0.5) is 5.69 Å². The van der Waals surface area contributed by atoms with Crippen LogP contribution in [0.3, 0.4) is 0 Å². The average Bonchev–Trinajstić information content (AvgIpc) is 2.58. The van der Waals surface area contributed by atoms with E-state index in [2.05, 4.69) is 26.9 Å². The Hall–Kier alpha value is -1.07. The van der Waals surface area contributed by atoms with Gasteiger partial charge in [-0.3, -0.25) is 9.69 Å². The lowest BCUT2D eigenvalue weighted by molar-refractivity contribution is -0.128. The number of nitrogens with zero attached hydrogens (tertiary/aromatic N) is 2. The second kappa shape index (κ2) is 6.39. The van der Waals surface area contributed by atoms with Crippen molar-refractivity contribution < 1.29 is 4.79 Å². The predicted octanol–water partition coefficient (Wildman–Crippen LogP) is 2.09. The van der Waals surface area contributed by atoms with E-state index >= 15 is 0 Å². The van der Waals surface area contributed by atoms with Gasteiger partial charge in [0.05, 0.1) is 0 Å². The predicted molar refractivity (Wildman–Crippen MR) is 80.7 cm³/mol. The molecule has 1 saturated heterocycles. The molecule has 1 aliphatic rings. The van der Waals surface area contributed by atoms with Crippen molar-refractivity contribution in [3.8, 4) is 0 Å². The van der Waals surface area contributed by atoms with Crippen molar-refractivity contribution in [3.05, 3.63) is 28.2 Å². The zero-order valence-electron chi connectivity index (χ0n) is 11.2. The van der Waals surface area contributed by atoms with Crippen molar-refractivity contribution in [2.75, 3.05) is 31.9 Å². The normalized spacial score (nSPS) is 17.3. The maximum absolute atomic E-state index is 11.4. The second-order valence-corrected chi connectivity index (χ2v) is 5.89.